The molecule has 1 aliphatic heterocycles. The molecule has 76 valence electrons. The van der Waals surface area contributed by atoms with E-state index in [2.05, 4.69) is 18.7 Å². The molecule has 1 N–H and O–H groups in total. The highest BCUT2D eigenvalue weighted by atomic mass is 16.3. The summed E-state index contributed by atoms with van der Waals surface area (Å²) >= 11 is 0. The van der Waals surface area contributed by atoms with Gasteiger partial charge in [0.1, 0.15) is 0 Å². The fourth-order valence-electron chi connectivity index (χ4n) is 3.10. The zero-order chi connectivity index (χ0) is 9.42. The van der Waals surface area contributed by atoms with Crippen LogP contribution in [0.1, 0.15) is 39.5 Å². The molecule has 2 nitrogen and oxygen atoms in total. The van der Waals surface area contributed by atoms with E-state index in [0.717, 1.165) is 12.3 Å². The average Bonchev–Trinajstić information content (AvgIpc) is 2.58. The van der Waals surface area contributed by atoms with Crippen LogP contribution < -0.4 is 0 Å². The van der Waals surface area contributed by atoms with E-state index >= 15 is 0 Å². The van der Waals surface area contributed by atoms with Gasteiger partial charge in [0.15, 0.2) is 0 Å². The van der Waals surface area contributed by atoms with Gasteiger partial charge in [0, 0.05) is 18.6 Å². The fraction of sp³-hybridized carbons (Fsp3) is 1.00. The van der Waals surface area contributed by atoms with E-state index in [1.807, 2.05) is 0 Å². The minimum Gasteiger partial charge on any atom is -0.391 e. The first-order chi connectivity index (χ1) is 6.18. The second kappa shape index (κ2) is 3.58. The Kier molecular flexibility index (Phi) is 2.61. The number of hydrogen-bond acceptors (Lipinski definition) is 2. The van der Waals surface area contributed by atoms with E-state index < -0.39 is 0 Å². The third-order valence-corrected chi connectivity index (χ3v) is 3.70. The van der Waals surface area contributed by atoms with Crippen LogP contribution >= 0.6 is 0 Å². The molecule has 1 saturated heterocycles. The highest BCUT2D eigenvalue weighted by Crippen LogP contribution is 2.32. The van der Waals surface area contributed by atoms with Crippen LogP contribution in [0.4, 0.5) is 0 Å². The summed E-state index contributed by atoms with van der Waals surface area (Å²) in [5.41, 5.74) is 0. The van der Waals surface area contributed by atoms with E-state index in [4.69, 9.17) is 0 Å². The number of rotatable bonds is 1. The maximum atomic E-state index is 9.81. The summed E-state index contributed by atoms with van der Waals surface area (Å²) in [5, 5.41) is 9.81. The van der Waals surface area contributed by atoms with Crippen LogP contribution in [0.15, 0.2) is 0 Å². The maximum absolute atomic E-state index is 9.81. The van der Waals surface area contributed by atoms with Crippen molar-refractivity contribution in [3.63, 3.8) is 0 Å². The molecule has 0 spiro atoms. The van der Waals surface area contributed by atoms with Crippen molar-refractivity contribution in [3.8, 4) is 0 Å². The van der Waals surface area contributed by atoms with Crippen molar-refractivity contribution in [1.82, 2.24) is 4.90 Å². The van der Waals surface area contributed by atoms with Gasteiger partial charge in [-0.2, -0.15) is 0 Å². The molecule has 0 aromatic rings. The standard InChI is InChI=1S/C11H21NO/c1-8-6-9(2)12(7-8)10-4-3-5-11(10)13/h8-11,13H,3-7H2,1-2H3/t8?,9?,10-,11-/m1/s1. The van der Waals surface area contributed by atoms with Crippen molar-refractivity contribution < 1.29 is 5.11 Å². The normalized spacial score (nSPS) is 47.3. The Bertz CT molecular complexity index is 183. The number of aliphatic hydroxyl groups is 1. The van der Waals surface area contributed by atoms with Gasteiger partial charge in [-0.05, 0) is 38.5 Å². The molecule has 0 aromatic heterocycles. The van der Waals surface area contributed by atoms with Crippen molar-refractivity contribution in [3.05, 3.63) is 0 Å². The van der Waals surface area contributed by atoms with Crippen LogP contribution in [0.25, 0.3) is 0 Å². The highest BCUT2D eigenvalue weighted by molar-refractivity contribution is 4.92. The zero-order valence-corrected chi connectivity index (χ0v) is 8.74. The van der Waals surface area contributed by atoms with Crippen molar-refractivity contribution in [2.75, 3.05) is 6.54 Å². The first-order valence-electron chi connectivity index (χ1n) is 5.62. The van der Waals surface area contributed by atoms with E-state index in [0.29, 0.717) is 12.1 Å². The van der Waals surface area contributed by atoms with Crippen molar-refractivity contribution in [2.45, 2.75) is 57.7 Å². The lowest BCUT2D eigenvalue weighted by molar-refractivity contribution is 0.0657. The highest BCUT2D eigenvalue weighted by Gasteiger charge is 2.37. The van der Waals surface area contributed by atoms with Gasteiger partial charge in [0.2, 0.25) is 0 Å². The molecule has 1 heterocycles. The van der Waals surface area contributed by atoms with Crippen LogP contribution in [0.2, 0.25) is 0 Å². The number of aliphatic hydroxyl groups excluding tert-OH is 1. The molecule has 0 bridgehead atoms. The second-order valence-corrected chi connectivity index (χ2v) is 4.95. The van der Waals surface area contributed by atoms with Gasteiger partial charge in [-0.3, -0.25) is 4.90 Å². The Balaban J connectivity index is 1.99. The maximum Gasteiger partial charge on any atom is 0.0695 e. The number of likely N-dealkylation sites (tertiary alicyclic amines) is 1. The Morgan fingerprint density at radius 2 is 2.00 bits per heavy atom. The summed E-state index contributed by atoms with van der Waals surface area (Å²) in [6.07, 6.45) is 4.69. The van der Waals surface area contributed by atoms with E-state index in [1.165, 1.54) is 25.8 Å². The minimum atomic E-state index is -0.0484. The predicted molar refractivity (Wildman–Crippen MR) is 53.6 cm³/mol. The molecule has 1 saturated carbocycles. The molecule has 2 heteroatoms. The third-order valence-electron chi connectivity index (χ3n) is 3.70. The topological polar surface area (TPSA) is 23.5 Å². The molecule has 2 unspecified atom stereocenters. The van der Waals surface area contributed by atoms with Crippen LogP contribution in [0, 0.1) is 5.92 Å². The summed E-state index contributed by atoms with van der Waals surface area (Å²) < 4.78 is 0. The van der Waals surface area contributed by atoms with Gasteiger partial charge >= 0.3 is 0 Å². The van der Waals surface area contributed by atoms with Gasteiger partial charge < -0.3 is 5.11 Å². The molecule has 2 aliphatic rings. The van der Waals surface area contributed by atoms with Crippen LogP contribution in [0.3, 0.4) is 0 Å². The Labute approximate surface area is 80.9 Å². The zero-order valence-electron chi connectivity index (χ0n) is 8.74. The third kappa shape index (κ3) is 1.75. The lowest BCUT2D eigenvalue weighted by Gasteiger charge is -2.30. The van der Waals surface area contributed by atoms with E-state index in [1.54, 1.807) is 0 Å². The first kappa shape index (κ1) is 9.47. The SMILES string of the molecule is CC1CC(C)N([C@@H]2CCC[C@H]2O)C1. The van der Waals surface area contributed by atoms with Crippen LogP contribution in [-0.2, 0) is 0 Å². The predicted octanol–water partition coefficient (Wildman–Crippen LogP) is 1.63. The molecule has 2 rings (SSSR count). The van der Waals surface area contributed by atoms with Crippen LogP contribution in [0.5, 0.6) is 0 Å². The molecule has 2 fully saturated rings. The summed E-state index contributed by atoms with van der Waals surface area (Å²) in [4.78, 5) is 2.53. The molecule has 0 aromatic carbocycles. The molecule has 13 heavy (non-hydrogen) atoms. The lowest BCUT2D eigenvalue weighted by Crippen LogP contribution is -2.42. The fourth-order valence-corrected chi connectivity index (χ4v) is 3.10. The van der Waals surface area contributed by atoms with Gasteiger partial charge in [0.05, 0.1) is 6.10 Å². The summed E-state index contributed by atoms with van der Waals surface area (Å²) in [6.45, 7) is 5.81. The van der Waals surface area contributed by atoms with Gasteiger partial charge in [0.25, 0.3) is 0 Å². The quantitative estimate of drug-likeness (QED) is 0.668. The minimum absolute atomic E-state index is 0.0484. The molecule has 0 radical (unpaired) electrons. The second-order valence-electron chi connectivity index (χ2n) is 4.95. The van der Waals surface area contributed by atoms with Gasteiger partial charge in [-0.1, -0.05) is 6.92 Å². The summed E-state index contributed by atoms with van der Waals surface area (Å²) in [6, 6.07) is 1.16. The number of hydrogen-bond donors (Lipinski definition) is 1. The molecule has 1 aliphatic carbocycles. The van der Waals surface area contributed by atoms with Crippen molar-refractivity contribution in [2.24, 2.45) is 5.92 Å². The van der Waals surface area contributed by atoms with Crippen LogP contribution in [-0.4, -0.2) is 34.7 Å². The Hall–Kier alpha value is -0.0800. The van der Waals surface area contributed by atoms with E-state index in [9.17, 15) is 5.11 Å². The molecular weight excluding hydrogens is 162 g/mol. The summed E-state index contributed by atoms with van der Waals surface area (Å²) in [5.74, 6) is 0.822. The molecule has 4 atom stereocenters. The lowest BCUT2D eigenvalue weighted by atomic mass is 10.1. The smallest absolute Gasteiger partial charge is 0.0695 e. The molecular formula is C11H21NO. The first-order valence-corrected chi connectivity index (χ1v) is 5.62. The monoisotopic (exact) mass is 183 g/mol. The summed E-state index contributed by atoms with van der Waals surface area (Å²) in [7, 11) is 0. The van der Waals surface area contributed by atoms with Gasteiger partial charge in [-0.15, -0.1) is 0 Å². The Morgan fingerprint density at radius 1 is 1.23 bits per heavy atom. The van der Waals surface area contributed by atoms with Crippen molar-refractivity contribution >= 4 is 0 Å². The van der Waals surface area contributed by atoms with E-state index in [-0.39, 0.29) is 6.10 Å². The van der Waals surface area contributed by atoms with Crippen molar-refractivity contribution in [1.29, 1.82) is 0 Å². The van der Waals surface area contributed by atoms with Gasteiger partial charge in [-0.25, -0.2) is 0 Å². The average molecular weight is 183 g/mol. The largest absolute Gasteiger partial charge is 0.391 e. The number of nitrogens with zero attached hydrogens (tertiary/aromatic N) is 1. The molecule has 0 amide bonds. The Morgan fingerprint density at radius 3 is 2.46 bits per heavy atom.